The molecule has 1 atom stereocenters. The van der Waals surface area contributed by atoms with E-state index < -0.39 is 0 Å². The number of rotatable bonds is 7. The topological polar surface area (TPSA) is 70.1 Å². The van der Waals surface area contributed by atoms with Gasteiger partial charge in [-0.3, -0.25) is 4.79 Å². The number of methoxy groups -OCH3 is 3. The van der Waals surface area contributed by atoms with E-state index in [9.17, 15) is 4.79 Å². The number of aryl methyl sites for hydroxylation is 1. The summed E-state index contributed by atoms with van der Waals surface area (Å²) in [7, 11) is 4.67. The van der Waals surface area contributed by atoms with Gasteiger partial charge in [-0.05, 0) is 36.8 Å². The molecular formula is C22H26N2O5. The number of likely N-dealkylation sites (tertiary alicyclic amines) is 1. The van der Waals surface area contributed by atoms with Crippen molar-refractivity contribution in [2.45, 2.75) is 19.4 Å². The third kappa shape index (κ3) is 4.99. The van der Waals surface area contributed by atoms with Crippen molar-refractivity contribution in [2.75, 3.05) is 34.4 Å². The Labute approximate surface area is 170 Å². The first-order valence-corrected chi connectivity index (χ1v) is 9.41. The van der Waals surface area contributed by atoms with Crippen LogP contribution in [-0.2, 0) is 4.79 Å². The SMILES string of the molecule is COc1cc(/C=C/C(=O)N2CCC(Oc3cccc(C)n3)C2)cc(OC)c1OC. The number of nitrogens with zero attached hydrogens (tertiary/aromatic N) is 2. The van der Waals surface area contributed by atoms with Crippen molar-refractivity contribution < 1.29 is 23.7 Å². The van der Waals surface area contributed by atoms with E-state index in [1.54, 1.807) is 50.5 Å². The van der Waals surface area contributed by atoms with E-state index in [-0.39, 0.29) is 12.0 Å². The molecule has 7 nitrogen and oxygen atoms in total. The summed E-state index contributed by atoms with van der Waals surface area (Å²) in [5, 5.41) is 0. The number of ether oxygens (including phenoxy) is 4. The van der Waals surface area contributed by atoms with Crippen molar-refractivity contribution in [1.29, 1.82) is 0 Å². The highest BCUT2D eigenvalue weighted by Gasteiger charge is 2.26. The fourth-order valence-corrected chi connectivity index (χ4v) is 3.25. The van der Waals surface area contributed by atoms with Gasteiger partial charge in [0.25, 0.3) is 0 Å². The van der Waals surface area contributed by atoms with Crippen LogP contribution < -0.4 is 18.9 Å². The third-order valence-corrected chi connectivity index (χ3v) is 4.71. The monoisotopic (exact) mass is 398 g/mol. The summed E-state index contributed by atoms with van der Waals surface area (Å²) < 4.78 is 21.9. The summed E-state index contributed by atoms with van der Waals surface area (Å²) in [6.07, 6.45) is 4.01. The summed E-state index contributed by atoms with van der Waals surface area (Å²) >= 11 is 0. The Hall–Kier alpha value is -3.22. The molecule has 1 aromatic carbocycles. The summed E-state index contributed by atoms with van der Waals surface area (Å²) in [4.78, 5) is 18.7. The van der Waals surface area contributed by atoms with Crippen LogP contribution in [0.3, 0.4) is 0 Å². The van der Waals surface area contributed by atoms with E-state index in [4.69, 9.17) is 18.9 Å². The number of benzene rings is 1. The lowest BCUT2D eigenvalue weighted by atomic mass is 10.1. The van der Waals surface area contributed by atoms with Crippen LogP contribution in [-0.4, -0.2) is 56.3 Å². The van der Waals surface area contributed by atoms with Gasteiger partial charge >= 0.3 is 0 Å². The van der Waals surface area contributed by atoms with E-state index in [1.807, 2.05) is 25.1 Å². The quantitative estimate of drug-likeness (QED) is 0.668. The van der Waals surface area contributed by atoms with Gasteiger partial charge in [0.1, 0.15) is 6.10 Å². The van der Waals surface area contributed by atoms with E-state index in [1.165, 1.54) is 0 Å². The number of hydrogen-bond acceptors (Lipinski definition) is 6. The van der Waals surface area contributed by atoms with Crippen LogP contribution in [0, 0.1) is 6.92 Å². The molecule has 154 valence electrons. The molecule has 0 saturated carbocycles. The van der Waals surface area contributed by atoms with Crippen LogP contribution in [0.25, 0.3) is 6.08 Å². The Bertz CT molecular complexity index is 872. The van der Waals surface area contributed by atoms with E-state index >= 15 is 0 Å². The highest BCUT2D eigenvalue weighted by molar-refractivity contribution is 5.92. The molecule has 1 aliphatic heterocycles. The second kappa shape index (κ2) is 9.32. The molecule has 7 heteroatoms. The summed E-state index contributed by atoms with van der Waals surface area (Å²) in [6.45, 7) is 3.11. The molecule has 1 aromatic heterocycles. The van der Waals surface area contributed by atoms with Crippen molar-refractivity contribution in [2.24, 2.45) is 0 Å². The maximum atomic E-state index is 12.6. The third-order valence-electron chi connectivity index (χ3n) is 4.71. The van der Waals surface area contributed by atoms with Gasteiger partial charge in [-0.15, -0.1) is 0 Å². The molecular weight excluding hydrogens is 372 g/mol. The maximum absolute atomic E-state index is 12.6. The van der Waals surface area contributed by atoms with Gasteiger partial charge in [0.2, 0.25) is 17.5 Å². The zero-order valence-corrected chi connectivity index (χ0v) is 17.2. The fraction of sp³-hybridized carbons (Fsp3) is 0.364. The van der Waals surface area contributed by atoms with Crippen LogP contribution in [0.5, 0.6) is 23.1 Å². The number of carbonyl (C=O) groups excluding carboxylic acids is 1. The smallest absolute Gasteiger partial charge is 0.246 e. The number of aromatic nitrogens is 1. The number of pyridine rings is 1. The van der Waals surface area contributed by atoms with Gasteiger partial charge in [-0.1, -0.05) is 6.07 Å². The molecule has 2 aromatic rings. The van der Waals surface area contributed by atoms with Gasteiger partial charge in [-0.25, -0.2) is 4.98 Å². The molecule has 3 rings (SSSR count). The predicted octanol–water partition coefficient (Wildman–Crippen LogP) is 3.11. The Kier molecular flexibility index (Phi) is 6.59. The molecule has 1 saturated heterocycles. The largest absolute Gasteiger partial charge is 0.493 e. The average Bonchev–Trinajstić information content (AvgIpc) is 3.19. The van der Waals surface area contributed by atoms with Crippen molar-refractivity contribution in [3.05, 3.63) is 47.7 Å². The molecule has 1 fully saturated rings. The zero-order valence-electron chi connectivity index (χ0n) is 17.2. The summed E-state index contributed by atoms with van der Waals surface area (Å²) in [5.41, 5.74) is 1.69. The minimum Gasteiger partial charge on any atom is -0.493 e. The second-order valence-corrected chi connectivity index (χ2v) is 6.72. The van der Waals surface area contributed by atoms with Gasteiger partial charge in [-0.2, -0.15) is 0 Å². The predicted molar refractivity (Wildman–Crippen MR) is 110 cm³/mol. The number of amides is 1. The first kappa shape index (κ1) is 20.5. The minimum atomic E-state index is -0.0675. The lowest BCUT2D eigenvalue weighted by Crippen LogP contribution is -2.29. The fourth-order valence-electron chi connectivity index (χ4n) is 3.25. The van der Waals surface area contributed by atoms with Crippen LogP contribution in [0.2, 0.25) is 0 Å². The van der Waals surface area contributed by atoms with E-state index in [0.717, 1.165) is 17.7 Å². The second-order valence-electron chi connectivity index (χ2n) is 6.72. The van der Waals surface area contributed by atoms with Crippen molar-refractivity contribution in [1.82, 2.24) is 9.88 Å². The number of carbonyl (C=O) groups is 1. The molecule has 0 bridgehead atoms. The lowest BCUT2D eigenvalue weighted by molar-refractivity contribution is -0.125. The standard InChI is InChI=1S/C22H26N2O5/c1-15-6-5-7-20(23-15)29-17-10-11-24(14-17)21(25)9-8-16-12-18(26-2)22(28-4)19(13-16)27-3/h5-9,12-13,17H,10-11,14H2,1-4H3/b9-8+. The highest BCUT2D eigenvalue weighted by atomic mass is 16.5. The molecule has 0 aliphatic carbocycles. The van der Waals surface area contributed by atoms with Gasteiger partial charge < -0.3 is 23.8 Å². The van der Waals surface area contributed by atoms with Crippen LogP contribution in [0.1, 0.15) is 17.7 Å². The van der Waals surface area contributed by atoms with Crippen LogP contribution in [0.4, 0.5) is 0 Å². The molecule has 0 spiro atoms. The molecule has 2 heterocycles. The van der Waals surface area contributed by atoms with Gasteiger partial charge in [0.05, 0.1) is 27.9 Å². The van der Waals surface area contributed by atoms with Crippen LogP contribution in [0.15, 0.2) is 36.4 Å². The molecule has 0 radical (unpaired) electrons. The summed E-state index contributed by atoms with van der Waals surface area (Å²) in [5.74, 6) is 2.13. The zero-order chi connectivity index (χ0) is 20.8. The van der Waals surface area contributed by atoms with Gasteiger partial charge in [0.15, 0.2) is 11.5 Å². The van der Waals surface area contributed by atoms with Crippen molar-refractivity contribution in [3.8, 4) is 23.1 Å². The normalized spacial score (nSPS) is 16.1. The lowest BCUT2D eigenvalue weighted by Gasteiger charge is -2.15. The summed E-state index contributed by atoms with van der Waals surface area (Å²) in [6, 6.07) is 9.26. The maximum Gasteiger partial charge on any atom is 0.246 e. The molecule has 1 aliphatic rings. The van der Waals surface area contributed by atoms with E-state index in [2.05, 4.69) is 4.98 Å². The average molecular weight is 398 g/mol. The number of hydrogen-bond donors (Lipinski definition) is 0. The highest BCUT2D eigenvalue weighted by Crippen LogP contribution is 2.38. The first-order valence-electron chi connectivity index (χ1n) is 9.41. The van der Waals surface area contributed by atoms with Crippen molar-refractivity contribution in [3.63, 3.8) is 0 Å². The first-order chi connectivity index (χ1) is 14.0. The molecule has 1 amide bonds. The minimum absolute atomic E-state index is 0.0529. The molecule has 1 unspecified atom stereocenters. The Balaban J connectivity index is 1.64. The van der Waals surface area contributed by atoms with Crippen LogP contribution >= 0.6 is 0 Å². The molecule has 29 heavy (non-hydrogen) atoms. The van der Waals surface area contributed by atoms with Crippen molar-refractivity contribution >= 4 is 12.0 Å². The van der Waals surface area contributed by atoms with Gasteiger partial charge in [0, 0.05) is 30.8 Å². The Morgan fingerprint density at radius 1 is 1.14 bits per heavy atom. The molecule has 0 N–H and O–H groups in total. The Morgan fingerprint density at radius 3 is 2.48 bits per heavy atom. The van der Waals surface area contributed by atoms with E-state index in [0.29, 0.717) is 36.2 Å². The Morgan fingerprint density at radius 2 is 1.86 bits per heavy atom.